The maximum Gasteiger partial charge on any atom is 0.245 e. The number of amides is 1. The summed E-state index contributed by atoms with van der Waals surface area (Å²) in [4.78, 5) is 35.4. The molecule has 7 heterocycles. The molecule has 6 aromatic rings. The Labute approximate surface area is 314 Å². The van der Waals surface area contributed by atoms with E-state index >= 15 is 4.39 Å². The molecular formula is C39H40F3N11O2. The van der Waals surface area contributed by atoms with E-state index in [1.807, 2.05) is 35.0 Å². The molecule has 1 amide bonds. The number of halogens is 3. The molecule has 4 aromatic heterocycles. The lowest BCUT2D eigenvalue weighted by Gasteiger charge is -2.32. The average molecular weight is 752 g/mol. The summed E-state index contributed by atoms with van der Waals surface area (Å²) in [6.07, 6.45) is 5.38. The van der Waals surface area contributed by atoms with E-state index in [2.05, 4.69) is 30.4 Å². The predicted octanol–water partition coefficient (Wildman–Crippen LogP) is 4.74. The molecule has 2 aromatic carbocycles. The van der Waals surface area contributed by atoms with Gasteiger partial charge in [0, 0.05) is 75.1 Å². The number of ether oxygens (including phenoxy) is 1. The molecule has 13 nitrogen and oxygen atoms in total. The van der Waals surface area contributed by atoms with Crippen molar-refractivity contribution in [3.05, 3.63) is 84.2 Å². The van der Waals surface area contributed by atoms with Crippen molar-refractivity contribution in [2.45, 2.75) is 37.8 Å². The fourth-order valence-electron chi connectivity index (χ4n) is 8.29. The van der Waals surface area contributed by atoms with Crippen LogP contribution < -0.4 is 10.2 Å². The topological polar surface area (TPSA) is 122 Å². The summed E-state index contributed by atoms with van der Waals surface area (Å²) < 4.78 is 52.6. The van der Waals surface area contributed by atoms with Crippen LogP contribution in [-0.2, 0) is 23.0 Å². The highest BCUT2D eigenvalue weighted by Gasteiger charge is 2.41. The molecule has 4 bridgehead atoms. The Hall–Kier alpha value is -5.61. The van der Waals surface area contributed by atoms with Gasteiger partial charge in [0.25, 0.3) is 0 Å². The molecule has 16 heteroatoms. The first-order valence-electron chi connectivity index (χ1n) is 18.7. The first-order chi connectivity index (χ1) is 26.8. The Morgan fingerprint density at radius 3 is 2.71 bits per heavy atom. The Morgan fingerprint density at radius 2 is 1.85 bits per heavy atom. The van der Waals surface area contributed by atoms with E-state index in [-0.39, 0.29) is 17.6 Å². The molecule has 55 heavy (non-hydrogen) atoms. The van der Waals surface area contributed by atoms with Crippen LogP contribution in [0.4, 0.5) is 24.8 Å². The highest BCUT2D eigenvalue weighted by molar-refractivity contribution is 5.97. The van der Waals surface area contributed by atoms with Gasteiger partial charge in [-0.2, -0.15) is 10.2 Å². The quantitative estimate of drug-likeness (QED) is 0.256. The lowest BCUT2D eigenvalue weighted by atomic mass is 10.0. The smallest absolute Gasteiger partial charge is 0.245 e. The minimum atomic E-state index is -0.779. The van der Waals surface area contributed by atoms with E-state index in [1.54, 1.807) is 16.9 Å². The van der Waals surface area contributed by atoms with E-state index < -0.39 is 23.5 Å². The third-order valence-electron chi connectivity index (χ3n) is 10.9. The molecule has 0 unspecified atom stereocenters. The minimum Gasteiger partial charge on any atom is -0.379 e. The zero-order valence-corrected chi connectivity index (χ0v) is 30.3. The highest BCUT2D eigenvalue weighted by atomic mass is 19.1. The molecule has 0 spiro atoms. The van der Waals surface area contributed by atoms with Gasteiger partial charge in [0.15, 0.2) is 17.3 Å². The fourth-order valence-corrected chi connectivity index (χ4v) is 8.29. The average Bonchev–Trinajstić information content (AvgIpc) is 3.90. The van der Waals surface area contributed by atoms with Crippen molar-refractivity contribution >= 4 is 39.5 Å². The number of morpholine rings is 1. The number of hydrogen-bond acceptors (Lipinski definition) is 10. The maximum absolute atomic E-state index is 15.2. The largest absolute Gasteiger partial charge is 0.379 e. The fraction of sp³-hybridized carbons (Fsp3) is 0.385. The van der Waals surface area contributed by atoms with E-state index in [0.717, 1.165) is 48.8 Å². The molecule has 9 rings (SSSR count). The monoisotopic (exact) mass is 751 g/mol. The molecule has 2 fully saturated rings. The van der Waals surface area contributed by atoms with Gasteiger partial charge in [-0.1, -0.05) is 6.07 Å². The van der Waals surface area contributed by atoms with E-state index in [1.165, 1.54) is 29.2 Å². The zero-order valence-electron chi connectivity index (χ0n) is 30.3. The van der Waals surface area contributed by atoms with Crippen LogP contribution in [0.2, 0.25) is 0 Å². The summed E-state index contributed by atoms with van der Waals surface area (Å²) >= 11 is 0. The SMILES string of the molecule is Cn1nc2c(F)ccc3c2c1CCCN(CCCN1CCOCC1)C(=O)[C@@H]1C[C@@H](CN1c1ncnc2c1cnn2-c1ccc(F)cc1F)Nc1cccc-3n1. The number of carbonyl (C=O) groups is 1. The number of rotatable bonds is 6. The first-order valence-corrected chi connectivity index (χ1v) is 18.7. The summed E-state index contributed by atoms with van der Waals surface area (Å²) in [6.45, 7) is 5.39. The second-order valence-electron chi connectivity index (χ2n) is 14.4. The molecular weight excluding hydrogens is 711 g/mol. The second kappa shape index (κ2) is 14.6. The van der Waals surface area contributed by atoms with Crippen LogP contribution in [0.25, 0.3) is 38.9 Å². The summed E-state index contributed by atoms with van der Waals surface area (Å²) in [5, 5.41) is 13.8. The van der Waals surface area contributed by atoms with Crippen LogP contribution in [0.1, 0.15) is 25.0 Å². The van der Waals surface area contributed by atoms with Gasteiger partial charge in [0.2, 0.25) is 5.91 Å². The van der Waals surface area contributed by atoms with Gasteiger partial charge < -0.3 is 19.9 Å². The lowest BCUT2D eigenvalue weighted by molar-refractivity contribution is -0.132. The van der Waals surface area contributed by atoms with Gasteiger partial charge in [-0.3, -0.25) is 14.4 Å². The second-order valence-corrected chi connectivity index (χ2v) is 14.4. The van der Waals surface area contributed by atoms with Gasteiger partial charge in [-0.15, -0.1) is 0 Å². The van der Waals surface area contributed by atoms with Crippen molar-refractivity contribution in [2.24, 2.45) is 7.05 Å². The summed E-state index contributed by atoms with van der Waals surface area (Å²) in [5.74, 6) is -0.796. The number of carbonyl (C=O) groups excluding carboxylic acids is 1. The van der Waals surface area contributed by atoms with Crippen LogP contribution in [0.15, 0.2) is 61.1 Å². The third kappa shape index (κ3) is 6.62. The van der Waals surface area contributed by atoms with Crippen LogP contribution >= 0.6 is 0 Å². The lowest BCUT2D eigenvalue weighted by Crippen LogP contribution is -2.47. The molecule has 2 saturated heterocycles. The van der Waals surface area contributed by atoms with Crippen LogP contribution in [0, 0.1) is 17.5 Å². The van der Waals surface area contributed by atoms with Crippen molar-refractivity contribution in [1.82, 2.24) is 44.3 Å². The number of aromatic nitrogens is 7. The summed E-state index contributed by atoms with van der Waals surface area (Å²) in [6, 6.07) is 11.4. The number of nitrogens with one attached hydrogen (secondary N) is 1. The predicted molar refractivity (Wildman–Crippen MR) is 200 cm³/mol. The molecule has 284 valence electrons. The molecule has 1 N–H and O–H groups in total. The number of anilines is 2. The standard InChI is InChI=1S/C39H40F3N11O2/c1-49-32-6-3-13-51(14-4-12-50-15-17-55-18-16-50)39(54)33-20-25(46-34-7-2-5-30(47-34)26-9-10-28(41)36(48-49)35(26)32)22-52(33)37-27-21-45-53(38(27)44-23-43-37)31-11-8-24(40)19-29(31)42/h2,5,7-11,19,21,23,25,33H,3-4,6,12-18,20,22H2,1H3,(H,46,47)/t25-,33-/m0/s1. The highest BCUT2D eigenvalue weighted by Crippen LogP contribution is 2.36. The van der Waals surface area contributed by atoms with Crippen molar-refractivity contribution in [3.8, 4) is 16.9 Å². The molecule has 3 aliphatic rings. The first kappa shape index (κ1) is 35.1. The number of nitrogens with zero attached hydrogens (tertiary/aromatic N) is 10. The summed E-state index contributed by atoms with van der Waals surface area (Å²) in [7, 11) is 1.83. The van der Waals surface area contributed by atoms with Gasteiger partial charge in [-0.25, -0.2) is 32.8 Å². The number of aryl methyl sites for hydroxylation is 2. The van der Waals surface area contributed by atoms with Gasteiger partial charge >= 0.3 is 0 Å². The third-order valence-corrected chi connectivity index (χ3v) is 10.9. The number of hydrogen-bond donors (Lipinski definition) is 1. The maximum atomic E-state index is 15.2. The molecule has 3 aliphatic heterocycles. The Balaban J connectivity index is 1.10. The van der Waals surface area contributed by atoms with Gasteiger partial charge in [0.1, 0.15) is 41.0 Å². The van der Waals surface area contributed by atoms with Gasteiger partial charge in [0.05, 0.1) is 30.5 Å². The van der Waals surface area contributed by atoms with Gasteiger partial charge in [-0.05, 0) is 62.1 Å². The summed E-state index contributed by atoms with van der Waals surface area (Å²) in [5.41, 5.74) is 3.03. The Morgan fingerprint density at radius 1 is 0.982 bits per heavy atom. The number of pyridine rings is 1. The van der Waals surface area contributed by atoms with E-state index in [0.29, 0.717) is 86.0 Å². The minimum absolute atomic E-state index is 0.0341. The van der Waals surface area contributed by atoms with Crippen molar-refractivity contribution in [2.75, 3.05) is 62.7 Å². The zero-order chi connectivity index (χ0) is 37.6. The molecule has 2 atom stereocenters. The van der Waals surface area contributed by atoms with Crippen molar-refractivity contribution in [3.63, 3.8) is 0 Å². The Kier molecular flexibility index (Phi) is 9.30. The van der Waals surface area contributed by atoms with E-state index in [4.69, 9.17) is 9.72 Å². The molecule has 0 radical (unpaired) electrons. The normalized spacial score (nSPS) is 19.5. The Bertz CT molecular complexity index is 2390. The van der Waals surface area contributed by atoms with Crippen LogP contribution in [0.5, 0.6) is 0 Å². The number of benzene rings is 2. The molecule has 0 saturated carbocycles. The van der Waals surface area contributed by atoms with Crippen LogP contribution in [-0.4, -0.2) is 115 Å². The van der Waals surface area contributed by atoms with Crippen molar-refractivity contribution in [1.29, 1.82) is 0 Å². The van der Waals surface area contributed by atoms with Crippen molar-refractivity contribution < 1.29 is 22.7 Å². The molecule has 0 aliphatic carbocycles. The van der Waals surface area contributed by atoms with Crippen LogP contribution in [0.3, 0.4) is 0 Å². The number of fused-ring (bicyclic) bond motifs is 6. The van der Waals surface area contributed by atoms with E-state index in [9.17, 15) is 13.6 Å².